The van der Waals surface area contributed by atoms with Crippen LogP contribution in [0.3, 0.4) is 0 Å². The molecule has 1 atom stereocenters. The average molecular weight is 261 g/mol. The Morgan fingerprint density at radius 3 is 2.95 bits per heavy atom. The third kappa shape index (κ3) is 3.12. The highest BCUT2D eigenvalue weighted by molar-refractivity contribution is 5.98. The van der Waals surface area contributed by atoms with Gasteiger partial charge in [-0.15, -0.1) is 0 Å². The number of hydrogen-bond donors (Lipinski definition) is 2. The molecule has 2 amide bonds. The second kappa shape index (κ2) is 5.84. The number of nitrogens with zero attached hydrogens (tertiary/aromatic N) is 1. The van der Waals surface area contributed by atoms with Crippen LogP contribution in [0.5, 0.6) is 0 Å². The number of nitrogens with one attached hydrogen (secondary N) is 1. The van der Waals surface area contributed by atoms with Crippen molar-refractivity contribution in [3.05, 3.63) is 24.3 Å². The topological polar surface area (TPSA) is 75.4 Å². The van der Waals surface area contributed by atoms with Crippen molar-refractivity contribution in [3.8, 4) is 0 Å². The lowest BCUT2D eigenvalue weighted by molar-refractivity contribution is -0.118. The first kappa shape index (κ1) is 13.5. The predicted molar refractivity (Wildman–Crippen MR) is 74.9 cm³/mol. The summed E-state index contributed by atoms with van der Waals surface area (Å²) >= 11 is 0. The van der Waals surface area contributed by atoms with Crippen LogP contribution in [-0.2, 0) is 9.59 Å². The van der Waals surface area contributed by atoms with Crippen LogP contribution < -0.4 is 16.0 Å². The van der Waals surface area contributed by atoms with E-state index >= 15 is 0 Å². The van der Waals surface area contributed by atoms with E-state index in [0.717, 1.165) is 18.7 Å². The molecule has 5 nitrogen and oxygen atoms in total. The van der Waals surface area contributed by atoms with Crippen molar-refractivity contribution in [2.75, 3.05) is 16.8 Å². The minimum Gasteiger partial charge on any atom is -0.325 e. The van der Waals surface area contributed by atoms with Gasteiger partial charge in [0, 0.05) is 24.3 Å². The molecule has 102 valence electrons. The fourth-order valence-corrected chi connectivity index (χ4v) is 2.09. The summed E-state index contributed by atoms with van der Waals surface area (Å²) in [4.78, 5) is 25.2. The lowest BCUT2D eigenvalue weighted by atomic mass is 10.2. The smallest absolute Gasteiger partial charge is 0.241 e. The summed E-state index contributed by atoms with van der Waals surface area (Å²) < 4.78 is 0. The molecule has 1 fully saturated rings. The van der Waals surface area contributed by atoms with Gasteiger partial charge in [0.2, 0.25) is 11.8 Å². The van der Waals surface area contributed by atoms with E-state index in [4.69, 9.17) is 5.73 Å². The maximum absolute atomic E-state index is 11.7. The number of nitrogens with two attached hydrogens (primary N) is 1. The molecular weight excluding hydrogens is 242 g/mol. The van der Waals surface area contributed by atoms with Crippen molar-refractivity contribution in [3.63, 3.8) is 0 Å². The molecule has 1 saturated heterocycles. The van der Waals surface area contributed by atoms with E-state index in [1.807, 2.05) is 25.1 Å². The molecule has 1 aromatic carbocycles. The Balaban J connectivity index is 2.11. The van der Waals surface area contributed by atoms with Gasteiger partial charge in [-0.25, -0.2) is 0 Å². The van der Waals surface area contributed by atoms with Gasteiger partial charge in [-0.3, -0.25) is 9.59 Å². The normalized spacial score (nSPS) is 16.5. The van der Waals surface area contributed by atoms with E-state index in [9.17, 15) is 9.59 Å². The standard InChI is InChI=1S/C14H19N3O2/c1-2-12(15)14(19)16-10-5-3-6-11(9-10)17-8-4-7-13(17)18/h3,5-6,9,12H,2,4,7-8,15H2,1H3,(H,16,19)/t12-/m0/s1. The molecule has 3 N–H and O–H groups in total. The highest BCUT2D eigenvalue weighted by Crippen LogP contribution is 2.24. The molecule has 0 aromatic heterocycles. The zero-order valence-corrected chi connectivity index (χ0v) is 11.1. The lowest BCUT2D eigenvalue weighted by Crippen LogP contribution is -2.34. The van der Waals surface area contributed by atoms with Gasteiger partial charge in [0.25, 0.3) is 0 Å². The Hall–Kier alpha value is -1.88. The molecule has 2 rings (SSSR count). The second-order valence-electron chi connectivity index (χ2n) is 4.70. The van der Waals surface area contributed by atoms with Crippen molar-refractivity contribution < 1.29 is 9.59 Å². The number of benzene rings is 1. The minimum absolute atomic E-state index is 0.133. The summed E-state index contributed by atoms with van der Waals surface area (Å²) in [6, 6.07) is 6.80. The largest absolute Gasteiger partial charge is 0.325 e. The van der Waals surface area contributed by atoms with Crippen LogP contribution in [0.1, 0.15) is 26.2 Å². The number of carbonyl (C=O) groups is 2. The molecule has 1 aliphatic rings. The summed E-state index contributed by atoms with van der Waals surface area (Å²) in [7, 11) is 0. The monoisotopic (exact) mass is 261 g/mol. The van der Waals surface area contributed by atoms with E-state index in [1.165, 1.54) is 0 Å². The molecule has 0 aliphatic carbocycles. The number of carbonyl (C=O) groups excluding carboxylic acids is 2. The van der Waals surface area contributed by atoms with Gasteiger partial charge < -0.3 is 16.0 Å². The Bertz CT molecular complexity index is 487. The molecular formula is C14H19N3O2. The van der Waals surface area contributed by atoms with Crippen molar-refractivity contribution in [1.29, 1.82) is 0 Å². The van der Waals surface area contributed by atoms with E-state index in [-0.39, 0.29) is 11.8 Å². The molecule has 1 aromatic rings. The fraction of sp³-hybridized carbons (Fsp3) is 0.429. The van der Waals surface area contributed by atoms with Crippen LogP contribution in [0.15, 0.2) is 24.3 Å². The number of anilines is 2. The Kier molecular flexibility index (Phi) is 4.16. The van der Waals surface area contributed by atoms with Crippen LogP contribution in [0.4, 0.5) is 11.4 Å². The van der Waals surface area contributed by atoms with Gasteiger partial charge in [0.05, 0.1) is 6.04 Å². The van der Waals surface area contributed by atoms with Gasteiger partial charge in [0.1, 0.15) is 0 Å². The minimum atomic E-state index is -0.503. The first-order chi connectivity index (χ1) is 9.11. The molecule has 0 spiro atoms. The maximum Gasteiger partial charge on any atom is 0.241 e. The molecule has 0 saturated carbocycles. The van der Waals surface area contributed by atoms with Crippen LogP contribution in [-0.4, -0.2) is 24.4 Å². The first-order valence-corrected chi connectivity index (χ1v) is 6.58. The Morgan fingerprint density at radius 2 is 2.32 bits per heavy atom. The Morgan fingerprint density at radius 1 is 1.53 bits per heavy atom. The van der Waals surface area contributed by atoms with Crippen LogP contribution >= 0.6 is 0 Å². The predicted octanol–water partition coefficient (Wildman–Crippen LogP) is 1.49. The highest BCUT2D eigenvalue weighted by Gasteiger charge is 2.22. The summed E-state index contributed by atoms with van der Waals surface area (Å²) in [6.45, 7) is 2.61. The maximum atomic E-state index is 11.7. The van der Waals surface area contributed by atoms with Crippen LogP contribution in [0.25, 0.3) is 0 Å². The molecule has 19 heavy (non-hydrogen) atoms. The Labute approximate surface area is 112 Å². The van der Waals surface area contributed by atoms with Gasteiger partial charge in [-0.05, 0) is 31.0 Å². The summed E-state index contributed by atoms with van der Waals surface area (Å²) in [5.74, 6) is -0.0684. The van der Waals surface area contributed by atoms with Gasteiger partial charge in [-0.1, -0.05) is 13.0 Å². The molecule has 0 unspecified atom stereocenters. The van der Waals surface area contributed by atoms with Gasteiger partial charge in [0.15, 0.2) is 0 Å². The van der Waals surface area contributed by atoms with Crippen LogP contribution in [0.2, 0.25) is 0 Å². The molecule has 1 aliphatic heterocycles. The average Bonchev–Trinajstić information content (AvgIpc) is 2.84. The van der Waals surface area contributed by atoms with Crippen molar-refractivity contribution in [2.45, 2.75) is 32.2 Å². The molecule has 0 radical (unpaired) electrons. The second-order valence-corrected chi connectivity index (χ2v) is 4.70. The highest BCUT2D eigenvalue weighted by atomic mass is 16.2. The molecule has 5 heteroatoms. The first-order valence-electron chi connectivity index (χ1n) is 6.58. The lowest BCUT2D eigenvalue weighted by Gasteiger charge is -2.17. The van der Waals surface area contributed by atoms with Gasteiger partial charge in [-0.2, -0.15) is 0 Å². The fourth-order valence-electron chi connectivity index (χ4n) is 2.09. The third-order valence-electron chi connectivity index (χ3n) is 3.28. The summed E-state index contributed by atoms with van der Waals surface area (Å²) in [5, 5.41) is 2.77. The number of hydrogen-bond acceptors (Lipinski definition) is 3. The van der Waals surface area contributed by atoms with E-state index < -0.39 is 6.04 Å². The summed E-state index contributed by atoms with van der Waals surface area (Å²) in [6.07, 6.45) is 2.07. The molecule has 1 heterocycles. The third-order valence-corrected chi connectivity index (χ3v) is 3.28. The van der Waals surface area contributed by atoms with E-state index in [2.05, 4.69) is 5.32 Å². The number of rotatable bonds is 4. The van der Waals surface area contributed by atoms with Gasteiger partial charge >= 0.3 is 0 Å². The van der Waals surface area contributed by atoms with E-state index in [0.29, 0.717) is 18.5 Å². The zero-order valence-electron chi connectivity index (χ0n) is 11.1. The quantitative estimate of drug-likeness (QED) is 0.862. The van der Waals surface area contributed by atoms with Crippen LogP contribution in [0, 0.1) is 0 Å². The summed E-state index contributed by atoms with van der Waals surface area (Å²) in [5.41, 5.74) is 7.17. The molecule has 0 bridgehead atoms. The zero-order chi connectivity index (χ0) is 13.8. The van der Waals surface area contributed by atoms with Crippen molar-refractivity contribution in [2.24, 2.45) is 5.73 Å². The number of amides is 2. The van der Waals surface area contributed by atoms with E-state index in [1.54, 1.807) is 11.0 Å². The SMILES string of the molecule is CC[C@H](N)C(=O)Nc1cccc(N2CCCC2=O)c1. The van der Waals surface area contributed by atoms with Crippen molar-refractivity contribution in [1.82, 2.24) is 0 Å². The van der Waals surface area contributed by atoms with Crippen molar-refractivity contribution >= 4 is 23.2 Å².